The molecule has 0 aromatic carbocycles. The number of carbonyl (C=O) groups excluding carboxylic acids is 2. The van der Waals surface area contributed by atoms with E-state index in [4.69, 9.17) is 0 Å². The van der Waals surface area contributed by atoms with Gasteiger partial charge in [0, 0.05) is 26.6 Å². The number of amides is 3. The first-order valence-corrected chi connectivity index (χ1v) is 6.41. The molecular formula is C12H21N3O4. The van der Waals surface area contributed by atoms with Crippen LogP contribution in [-0.2, 0) is 9.59 Å². The van der Waals surface area contributed by atoms with Crippen LogP contribution in [0.4, 0.5) is 4.79 Å². The summed E-state index contributed by atoms with van der Waals surface area (Å²) in [4.78, 5) is 35.4. The fourth-order valence-corrected chi connectivity index (χ4v) is 2.17. The number of urea groups is 1. The zero-order valence-corrected chi connectivity index (χ0v) is 11.4. The zero-order chi connectivity index (χ0) is 14.5. The fraction of sp³-hybridized carbons (Fsp3) is 0.750. The molecule has 1 aliphatic rings. The Morgan fingerprint density at radius 2 is 1.84 bits per heavy atom. The number of hydrogen-bond acceptors (Lipinski definition) is 3. The molecule has 0 aromatic rings. The van der Waals surface area contributed by atoms with E-state index in [1.807, 2.05) is 0 Å². The Kier molecular flexibility index (Phi) is 5.14. The van der Waals surface area contributed by atoms with E-state index in [2.05, 4.69) is 10.6 Å². The Morgan fingerprint density at radius 3 is 2.42 bits per heavy atom. The van der Waals surface area contributed by atoms with Gasteiger partial charge in [-0.2, -0.15) is 0 Å². The highest BCUT2D eigenvalue weighted by molar-refractivity contribution is 5.86. The Balaban J connectivity index is 2.53. The van der Waals surface area contributed by atoms with Crippen molar-refractivity contribution in [3.8, 4) is 0 Å². The van der Waals surface area contributed by atoms with E-state index >= 15 is 0 Å². The van der Waals surface area contributed by atoms with Crippen LogP contribution in [0.5, 0.6) is 0 Å². The Morgan fingerprint density at radius 1 is 1.21 bits per heavy atom. The highest BCUT2D eigenvalue weighted by Gasteiger charge is 2.43. The molecule has 0 aromatic heterocycles. The van der Waals surface area contributed by atoms with Gasteiger partial charge in [0.1, 0.15) is 5.54 Å². The first-order chi connectivity index (χ1) is 8.88. The molecule has 1 fully saturated rings. The van der Waals surface area contributed by atoms with Crippen LogP contribution in [0.2, 0.25) is 0 Å². The molecule has 0 saturated carbocycles. The maximum Gasteiger partial charge on any atom is 0.329 e. The highest BCUT2D eigenvalue weighted by Crippen LogP contribution is 2.28. The van der Waals surface area contributed by atoms with Crippen molar-refractivity contribution in [2.45, 2.75) is 38.6 Å². The molecule has 1 unspecified atom stereocenters. The fourth-order valence-electron chi connectivity index (χ4n) is 2.17. The summed E-state index contributed by atoms with van der Waals surface area (Å²) in [6.45, 7) is 4.02. The molecule has 1 aliphatic heterocycles. The van der Waals surface area contributed by atoms with Crippen molar-refractivity contribution in [1.29, 1.82) is 0 Å². The molecule has 0 radical (unpaired) electrons. The van der Waals surface area contributed by atoms with Gasteiger partial charge in [0.15, 0.2) is 0 Å². The third kappa shape index (κ3) is 3.84. The first-order valence-electron chi connectivity index (χ1n) is 6.41. The maximum atomic E-state index is 12.0. The molecule has 0 aliphatic carbocycles. The Hall–Kier alpha value is -1.79. The number of carbonyl (C=O) groups is 3. The van der Waals surface area contributed by atoms with Crippen molar-refractivity contribution >= 4 is 17.9 Å². The van der Waals surface area contributed by atoms with Crippen molar-refractivity contribution < 1.29 is 19.5 Å². The number of rotatable bonds is 4. The summed E-state index contributed by atoms with van der Waals surface area (Å²) >= 11 is 0. The molecule has 0 bridgehead atoms. The van der Waals surface area contributed by atoms with Gasteiger partial charge in [0.05, 0.1) is 0 Å². The molecule has 3 N–H and O–H groups in total. The van der Waals surface area contributed by atoms with Crippen molar-refractivity contribution in [2.75, 3.05) is 19.6 Å². The summed E-state index contributed by atoms with van der Waals surface area (Å²) in [6.07, 6.45) is 2.07. The van der Waals surface area contributed by atoms with Crippen molar-refractivity contribution in [1.82, 2.24) is 15.5 Å². The van der Waals surface area contributed by atoms with Crippen LogP contribution in [-0.4, -0.2) is 53.1 Å². The molecule has 1 atom stereocenters. The molecule has 0 spiro atoms. The molecule has 7 nitrogen and oxygen atoms in total. The largest absolute Gasteiger partial charge is 0.480 e. The molecule has 1 rings (SSSR count). The number of carboxylic acid groups (broad SMARTS) is 1. The van der Waals surface area contributed by atoms with E-state index in [-0.39, 0.29) is 12.5 Å². The smallest absolute Gasteiger partial charge is 0.329 e. The number of carboxylic acids is 1. The normalized spacial score (nSPS) is 22.7. The topological polar surface area (TPSA) is 98.7 Å². The first kappa shape index (κ1) is 15.3. The van der Waals surface area contributed by atoms with Crippen LogP contribution in [0.15, 0.2) is 0 Å². The lowest BCUT2D eigenvalue weighted by Crippen LogP contribution is -2.60. The van der Waals surface area contributed by atoms with Crippen molar-refractivity contribution in [2.24, 2.45) is 0 Å². The van der Waals surface area contributed by atoms with Gasteiger partial charge in [-0.1, -0.05) is 0 Å². The van der Waals surface area contributed by atoms with Crippen LogP contribution in [0.3, 0.4) is 0 Å². The standard InChI is InChI=1S/C12H21N3O4/c1-9(16)13-6-7-14-11(19)15-8-4-3-5-12(15,2)10(17)18/h3-8H2,1-2H3,(H,13,16)(H,14,19)(H,17,18). The number of likely N-dealkylation sites (tertiary alicyclic amines) is 1. The predicted molar refractivity (Wildman–Crippen MR) is 68.7 cm³/mol. The van der Waals surface area contributed by atoms with Gasteiger partial charge >= 0.3 is 12.0 Å². The van der Waals surface area contributed by atoms with E-state index < -0.39 is 17.5 Å². The van der Waals surface area contributed by atoms with Gasteiger partial charge in [-0.25, -0.2) is 9.59 Å². The van der Waals surface area contributed by atoms with Gasteiger partial charge in [0.25, 0.3) is 0 Å². The molecule has 3 amide bonds. The van der Waals surface area contributed by atoms with E-state index in [1.54, 1.807) is 6.92 Å². The summed E-state index contributed by atoms with van der Waals surface area (Å²) in [6, 6.07) is -0.394. The van der Waals surface area contributed by atoms with Gasteiger partial charge in [0.2, 0.25) is 5.91 Å². The summed E-state index contributed by atoms with van der Waals surface area (Å²) in [5, 5.41) is 14.5. The quantitative estimate of drug-likeness (QED) is 0.634. The zero-order valence-electron chi connectivity index (χ0n) is 11.4. The van der Waals surface area contributed by atoms with E-state index in [0.717, 1.165) is 12.8 Å². The van der Waals surface area contributed by atoms with E-state index in [9.17, 15) is 19.5 Å². The lowest BCUT2D eigenvalue weighted by atomic mass is 9.89. The maximum absolute atomic E-state index is 12.0. The minimum atomic E-state index is -1.14. The molecule has 108 valence electrons. The summed E-state index contributed by atoms with van der Waals surface area (Å²) in [7, 11) is 0. The lowest BCUT2D eigenvalue weighted by Gasteiger charge is -2.41. The lowest BCUT2D eigenvalue weighted by molar-refractivity contribution is -0.150. The van der Waals surface area contributed by atoms with Crippen molar-refractivity contribution in [3.05, 3.63) is 0 Å². The Labute approximate surface area is 112 Å². The molecule has 1 heterocycles. The van der Waals surface area contributed by atoms with Crippen LogP contribution in [0.25, 0.3) is 0 Å². The van der Waals surface area contributed by atoms with E-state index in [0.29, 0.717) is 19.5 Å². The number of hydrogen-bond donors (Lipinski definition) is 3. The third-order valence-electron chi connectivity index (χ3n) is 3.37. The minimum absolute atomic E-state index is 0.164. The average Bonchev–Trinajstić information content (AvgIpc) is 2.34. The number of aliphatic carboxylic acids is 1. The van der Waals surface area contributed by atoms with Gasteiger partial charge < -0.3 is 20.6 Å². The van der Waals surface area contributed by atoms with Crippen LogP contribution in [0.1, 0.15) is 33.1 Å². The highest BCUT2D eigenvalue weighted by atomic mass is 16.4. The second-order valence-corrected chi connectivity index (χ2v) is 4.90. The number of nitrogens with zero attached hydrogens (tertiary/aromatic N) is 1. The summed E-state index contributed by atoms with van der Waals surface area (Å²) < 4.78 is 0. The Bertz CT molecular complexity index is 372. The van der Waals surface area contributed by atoms with Crippen molar-refractivity contribution in [3.63, 3.8) is 0 Å². The monoisotopic (exact) mass is 271 g/mol. The minimum Gasteiger partial charge on any atom is -0.480 e. The van der Waals surface area contributed by atoms with Crippen LogP contribution in [0, 0.1) is 0 Å². The van der Waals surface area contributed by atoms with Crippen LogP contribution < -0.4 is 10.6 Å². The predicted octanol–water partition coefficient (Wildman–Crippen LogP) is 0.161. The molecule has 7 heteroatoms. The number of nitrogens with one attached hydrogen (secondary N) is 2. The second kappa shape index (κ2) is 6.40. The average molecular weight is 271 g/mol. The molecule has 1 saturated heterocycles. The second-order valence-electron chi connectivity index (χ2n) is 4.90. The van der Waals surface area contributed by atoms with Gasteiger partial charge in [-0.05, 0) is 26.2 Å². The summed E-state index contributed by atoms with van der Waals surface area (Å²) in [5.41, 5.74) is -1.14. The van der Waals surface area contributed by atoms with Crippen LogP contribution >= 0.6 is 0 Å². The number of piperidine rings is 1. The van der Waals surface area contributed by atoms with E-state index in [1.165, 1.54) is 11.8 Å². The summed E-state index contributed by atoms with van der Waals surface area (Å²) in [5.74, 6) is -1.15. The third-order valence-corrected chi connectivity index (χ3v) is 3.37. The SMILES string of the molecule is CC(=O)NCCNC(=O)N1CCCCC1(C)C(=O)O. The molecule has 19 heavy (non-hydrogen) atoms. The van der Waals surface area contributed by atoms with Gasteiger partial charge in [-0.3, -0.25) is 4.79 Å². The molecular weight excluding hydrogens is 250 g/mol. The van der Waals surface area contributed by atoms with Gasteiger partial charge in [-0.15, -0.1) is 0 Å².